The zero-order valence-corrected chi connectivity index (χ0v) is 16.4. The Labute approximate surface area is 170 Å². The van der Waals surface area contributed by atoms with Crippen LogP contribution in [0.15, 0.2) is 76.9 Å². The van der Waals surface area contributed by atoms with Crippen LogP contribution in [0.5, 0.6) is 11.5 Å². The van der Waals surface area contributed by atoms with E-state index in [-0.39, 0.29) is 11.8 Å². The lowest BCUT2D eigenvalue weighted by Crippen LogP contribution is -2.19. The van der Waals surface area contributed by atoms with Gasteiger partial charge in [-0.2, -0.15) is 5.26 Å². The number of methoxy groups -OCH3 is 2. The Balaban J connectivity index is 1.79. The van der Waals surface area contributed by atoms with Crippen molar-refractivity contribution in [1.29, 1.82) is 5.26 Å². The molecule has 5 heteroatoms. The van der Waals surface area contributed by atoms with Crippen molar-refractivity contribution in [2.45, 2.75) is 18.8 Å². The molecule has 0 aromatic heterocycles. The van der Waals surface area contributed by atoms with E-state index < -0.39 is 0 Å². The first-order valence-electron chi connectivity index (χ1n) is 9.44. The molecule has 0 unspecified atom stereocenters. The van der Waals surface area contributed by atoms with Crippen LogP contribution in [0, 0.1) is 11.3 Å². The molecule has 0 bridgehead atoms. The smallest absolute Gasteiger partial charge is 0.205 e. The molecule has 2 aliphatic rings. The Morgan fingerprint density at radius 3 is 2.52 bits per heavy atom. The standard InChI is InChI=1S/C24H22N2O3/c1-27-18-7-3-5-15(12-18)11-17-9-10-20-22(16-6-4-8-19(13-16)28-2)21(14-25)24(26)29-23(17)20/h3-8,11-13,22H,9-10,26H2,1-2H3/b17-11-/t22-/m0/s1. The fourth-order valence-electron chi connectivity index (χ4n) is 3.97. The predicted octanol–water partition coefficient (Wildman–Crippen LogP) is 4.64. The molecule has 1 aliphatic heterocycles. The molecule has 29 heavy (non-hydrogen) atoms. The van der Waals surface area contributed by atoms with E-state index in [0.717, 1.165) is 52.4 Å². The molecule has 2 N–H and O–H groups in total. The van der Waals surface area contributed by atoms with Crippen LogP contribution in [-0.4, -0.2) is 14.2 Å². The minimum atomic E-state index is -0.227. The number of nitrogens with zero attached hydrogens (tertiary/aromatic N) is 1. The van der Waals surface area contributed by atoms with Crippen molar-refractivity contribution in [2.75, 3.05) is 14.2 Å². The van der Waals surface area contributed by atoms with Crippen molar-refractivity contribution in [1.82, 2.24) is 0 Å². The second-order valence-corrected chi connectivity index (χ2v) is 7.00. The molecular formula is C24H22N2O3. The fraction of sp³-hybridized carbons (Fsp3) is 0.208. The number of hydrogen-bond acceptors (Lipinski definition) is 5. The molecule has 0 spiro atoms. The van der Waals surface area contributed by atoms with Crippen LogP contribution < -0.4 is 15.2 Å². The minimum absolute atomic E-state index is 0.164. The van der Waals surface area contributed by atoms with E-state index in [2.05, 4.69) is 12.1 Å². The number of rotatable bonds is 4. The summed E-state index contributed by atoms with van der Waals surface area (Å²) in [6.45, 7) is 0. The zero-order chi connectivity index (χ0) is 20.4. The summed E-state index contributed by atoms with van der Waals surface area (Å²) >= 11 is 0. The molecular weight excluding hydrogens is 364 g/mol. The van der Waals surface area contributed by atoms with Crippen LogP contribution in [0.1, 0.15) is 29.9 Å². The molecule has 2 aromatic carbocycles. The van der Waals surface area contributed by atoms with Crippen LogP contribution in [-0.2, 0) is 4.74 Å². The van der Waals surface area contributed by atoms with Gasteiger partial charge in [0, 0.05) is 5.92 Å². The van der Waals surface area contributed by atoms with Crippen molar-refractivity contribution >= 4 is 6.08 Å². The van der Waals surface area contributed by atoms with Gasteiger partial charge in [0.2, 0.25) is 5.88 Å². The molecule has 1 heterocycles. The first-order chi connectivity index (χ1) is 14.1. The summed E-state index contributed by atoms with van der Waals surface area (Å²) in [5.74, 6) is 2.26. The average Bonchev–Trinajstić information content (AvgIpc) is 3.14. The van der Waals surface area contributed by atoms with E-state index in [1.807, 2.05) is 48.5 Å². The summed E-state index contributed by atoms with van der Waals surface area (Å²) in [6, 6.07) is 17.9. The summed E-state index contributed by atoms with van der Waals surface area (Å²) in [7, 11) is 3.29. The molecule has 0 saturated heterocycles. The van der Waals surface area contributed by atoms with E-state index in [1.165, 1.54) is 0 Å². The predicted molar refractivity (Wildman–Crippen MR) is 111 cm³/mol. The molecule has 1 aliphatic carbocycles. The van der Waals surface area contributed by atoms with Crippen LogP contribution in [0.4, 0.5) is 0 Å². The van der Waals surface area contributed by atoms with Gasteiger partial charge in [0.15, 0.2) is 0 Å². The molecule has 4 rings (SSSR count). The maximum absolute atomic E-state index is 9.75. The lowest BCUT2D eigenvalue weighted by molar-refractivity contribution is 0.292. The first kappa shape index (κ1) is 18.7. The quantitative estimate of drug-likeness (QED) is 0.828. The van der Waals surface area contributed by atoms with E-state index >= 15 is 0 Å². The van der Waals surface area contributed by atoms with Gasteiger partial charge in [0.05, 0.1) is 14.2 Å². The van der Waals surface area contributed by atoms with Gasteiger partial charge in [0.25, 0.3) is 0 Å². The second-order valence-electron chi connectivity index (χ2n) is 7.00. The van der Waals surface area contributed by atoms with Crippen molar-refractivity contribution in [3.63, 3.8) is 0 Å². The number of nitriles is 1. The van der Waals surface area contributed by atoms with Gasteiger partial charge in [-0.25, -0.2) is 0 Å². The molecule has 0 fully saturated rings. The van der Waals surface area contributed by atoms with Crippen LogP contribution in [0.3, 0.4) is 0 Å². The minimum Gasteiger partial charge on any atom is -0.497 e. The van der Waals surface area contributed by atoms with Crippen molar-refractivity contribution in [3.05, 3.63) is 88.0 Å². The van der Waals surface area contributed by atoms with Gasteiger partial charge < -0.3 is 19.9 Å². The zero-order valence-electron chi connectivity index (χ0n) is 16.4. The second kappa shape index (κ2) is 7.76. The van der Waals surface area contributed by atoms with Gasteiger partial charge in [0.1, 0.15) is 28.9 Å². The maximum atomic E-state index is 9.75. The molecule has 1 atom stereocenters. The number of benzene rings is 2. The highest BCUT2D eigenvalue weighted by Gasteiger charge is 2.37. The summed E-state index contributed by atoms with van der Waals surface area (Å²) in [4.78, 5) is 0. The van der Waals surface area contributed by atoms with Crippen molar-refractivity contribution in [2.24, 2.45) is 5.73 Å². The summed E-state index contributed by atoms with van der Waals surface area (Å²) < 4.78 is 16.6. The third-order valence-electron chi connectivity index (χ3n) is 5.34. The van der Waals surface area contributed by atoms with Gasteiger partial charge in [-0.1, -0.05) is 24.3 Å². The molecule has 0 saturated carbocycles. The average molecular weight is 386 g/mol. The summed E-state index contributed by atoms with van der Waals surface area (Å²) in [6.07, 6.45) is 3.73. The largest absolute Gasteiger partial charge is 0.497 e. The summed E-state index contributed by atoms with van der Waals surface area (Å²) in [5.41, 5.74) is 10.8. The normalized spacial score (nSPS) is 19.6. The van der Waals surface area contributed by atoms with Crippen LogP contribution >= 0.6 is 0 Å². The molecule has 146 valence electrons. The van der Waals surface area contributed by atoms with Gasteiger partial charge >= 0.3 is 0 Å². The van der Waals surface area contributed by atoms with E-state index in [9.17, 15) is 5.26 Å². The van der Waals surface area contributed by atoms with Crippen molar-refractivity contribution < 1.29 is 14.2 Å². The Kier molecular flexibility index (Phi) is 5.01. The Hall–Kier alpha value is -3.65. The Morgan fingerprint density at radius 2 is 1.79 bits per heavy atom. The Morgan fingerprint density at radius 1 is 1.07 bits per heavy atom. The molecule has 2 aromatic rings. The maximum Gasteiger partial charge on any atom is 0.205 e. The van der Waals surface area contributed by atoms with Gasteiger partial charge in [-0.3, -0.25) is 0 Å². The lowest BCUT2D eigenvalue weighted by Gasteiger charge is -2.26. The SMILES string of the molecule is COc1cccc(/C=C2/CCC3=C2OC(N)=C(C#N)[C@H]3c2cccc(OC)c2)c1. The third kappa shape index (κ3) is 3.45. The topological polar surface area (TPSA) is 77.5 Å². The number of ether oxygens (including phenoxy) is 3. The van der Waals surface area contributed by atoms with Crippen LogP contribution in [0.25, 0.3) is 6.08 Å². The third-order valence-corrected chi connectivity index (χ3v) is 5.34. The highest BCUT2D eigenvalue weighted by Crippen LogP contribution is 2.48. The lowest BCUT2D eigenvalue weighted by atomic mass is 9.83. The molecule has 0 amide bonds. The van der Waals surface area contributed by atoms with E-state index in [4.69, 9.17) is 19.9 Å². The van der Waals surface area contributed by atoms with Gasteiger partial charge in [-0.05, 0) is 65.5 Å². The van der Waals surface area contributed by atoms with Crippen LogP contribution in [0.2, 0.25) is 0 Å². The number of hydrogen-bond donors (Lipinski definition) is 1. The fourth-order valence-corrected chi connectivity index (χ4v) is 3.97. The van der Waals surface area contributed by atoms with E-state index in [1.54, 1.807) is 14.2 Å². The van der Waals surface area contributed by atoms with Crippen molar-refractivity contribution in [3.8, 4) is 17.6 Å². The molecule has 0 radical (unpaired) electrons. The monoisotopic (exact) mass is 386 g/mol. The van der Waals surface area contributed by atoms with E-state index in [0.29, 0.717) is 5.57 Å². The highest BCUT2D eigenvalue weighted by atomic mass is 16.5. The first-order valence-corrected chi connectivity index (χ1v) is 9.44. The number of allylic oxidation sites excluding steroid dienone is 3. The molecule has 5 nitrogen and oxygen atoms in total. The van der Waals surface area contributed by atoms with Gasteiger partial charge in [-0.15, -0.1) is 0 Å². The Bertz CT molecular complexity index is 1090. The summed E-state index contributed by atoms with van der Waals surface area (Å²) in [5, 5.41) is 9.75. The highest BCUT2D eigenvalue weighted by molar-refractivity contribution is 5.64. The number of nitrogens with two attached hydrogens (primary N) is 1.